The smallest absolute Gasteiger partial charge is 0.494 e. The Morgan fingerprint density at radius 2 is 1.63 bits per heavy atom. The molecule has 0 bridgehead atoms. The van der Waals surface area contributed by atoms with Crippen molar-refractivity contribution < 1.29 is 35.9 Å². The third-order valence-electron chi connectivity index (χ3n) is 6.07. The standard InChI is InChI=1S/C28H26BrF3N2O5S2/c1-5-38-22-12-18(13-23(15-22)39-28(30,31)32)27(2,3)17-10-19(29)14-21(11-17)33-26(35)25-9-16-8-20(34-41(4,36)37)6-7-24(16)40-25/h6-15,34H,5H2,1-4H3,(H,33,35). The van der Waals surface area contributed by atoms with E-state index < -0.39 is 27.6 Å². The summed E-state index contributed by atoms with van der Waals surface area (Å²) in [5.74, 6) is -0.528. The van der Waals surface area contributed by atoms with Crippen molar-refractivity contribution in [1.82, 2.24) is 0 Å². The van der Waals surface area contributed by atoms with Crippen molar-refractivity contribution in [3.63, 3.8) is 0 Å². The van der Waals surface area contributed by atoms with Gasteiger partial charge in [0.15, 0.2) is 0 Å². The molecular formula is C28H26BrF3N2O5S2. The summed E-state index contributed by atoms with van der Waals surface area (Å²) in [5, 5.41) is 3.59. The maximum absolute atomic E-state index is 13.2. The van der Waals surface area contributed by atoms with Crippen LogP contribution in [0.2, 0.25) is 0 Å². The van der Waals surface area contributed by atoms with Crippen LogP contribution in [-0.2, 0) is 15.4 Å². The van der Waals surface area contributed by atoms with Gasteiger partial charge in [-0.1, -0.05) is 29.8 Å². The van der Waals surface area contributed by atoms with Gasteiger partial charge in [0.2, 0.25) is 10.0 Å². The molecule has 0 fully saturated rings. The molecule has 0 unspecified atom stereocenters. The molecule has 13 heteroatoms. The molecule has 0 aliphatic heterocycles. The summed E-state index contributed by atoms with van der Waals surface area (Å²) in [6, 6.07) is 16.1. The number of fused-ring (bicyclic) bond motifs is 1. The first-order valence-electron chi connectivity index (χ1n) is 12.2. The molecule has 0 saturated carbocycles. The first kappa shape index (κ1) is 30.7. The maximum atomic E-state index is 13.2. The van der Waals surface area contributed by atoms with E-state index in [0.717, 1.165) is 11.0 Å². The third kappa shape index (κ3) is 7.92. The van der Waals surface area contributed by atoms with E-state index in [4.69, 9.17) is 4.74 Å². The molecule has 7 nitrogen and oxygen atoms in total. The lowest BCUT2D eigenvalue weighted by Crippen LogP contribution is -2.21. The number of anilines is 2. The van der Waals surface area contributed by atoms with Gasteiger partial charge in [-0.15, -0.1) is 24.5 Å². The highest BCUT2D eigenvalue weighted by Gasteiger charge is 2.33. The zero-order chi connectivity index (χ0) is 30.2. The lowest BCUT2D eigenvalue weighted by molar-refractivity contribution is -0.274. The van der Waals surface area contributed by atoms with Crippen LogP contribution in [0.1, 0.15) is 41.6 Å². The van der Waals surface area contributed by atoms with Crippen molar-refractivity contribution in [2.24, 2.45) is 0 Å². The van der Waals surface area contributed by atoms with Gasteiger partial charge in [0.1, 0.15) is 11.5 Å². The van der Waals surface area contributed by atoms with Gasteiger partial charge in [-0.3, -0.25) is 9.52 Å². The number of amides is 1. The highest BCUT2D eigenvalue weighted by molar-refractivity contribution is 9.10. The SMILES string of the molecule is CCOc1cc(OC(F)(F)F)cc(C(C)(C)c2cc(Br)cc(NC(=O)c3cc4cc(NS(C)(=O)=O)ccc4s3)c2)c1. The Morgan fingerprint density at radius 3 is 2.29 bits per heavy atom. The van der Waals surface area contributed by atoms with Crippen molar-refractivity contribution in [1.29, 1.82) is 0 Å². The fourth-order valence-corrected chi connectivity index (χ4v) is 6.18. The van der Waals surface area contributed by atoms with Crippen molar-refractivity contribution >= 4 is 64.7 Å². The van der Waals surface area contributed by atoms with Crippen molar-refractivity contribution in [2.45, 2.75) is 32.5 Å². The van der Waals surface area contributed by atoms with E-state index in [1.807, 2.05) is 19.9 Å². The summed E-state index contributed by atoms with van der Waals surface area (Å²) < 4.78 is 75.6. The Bertz CT molecular complexity index is 1720. The molecule has 4 aromatic rings. The van der Waals surface area contributed by atoms with Crippen molar-refractivity contribution in [2.75, 3.05) is 22.9 Å². The first-order chi connectivity index (χ1) is 19.0. The summed E-state index contributed by atoms with van der Waals surface area (Å²) in [4.78, 5) is 13.6. The predicted octanol–water partition coefficient (Wildman–Crippen LogP) is 7.91. The molecular weight excluding hydrogens is 645 g/mol. The van der Waals surface area contributed by atoms with Crippen LogP contribution in [0, 0.1) is 0 Å². The Morgan fingerprint density at radius 1 is 0.951 bits per heavy atom. The monoisotopic (exact) mass is 670 g/mol. The van der Waals surface area contributed by atoms with E-state index >= 15 is 0 Å². The van der Waals surface area contributed by atoms with E-state index in [-0.39, 0.29) is 18.3 Å². The number of thiophene rings is 1. The fraction of sp³-hybridized carbons (Fsp3) is 0.250. The number of nitrogens with one attached hydrogen (secondary N) is 2. The van der Waals surface area contributed by atoms with Gasteiger partial charge in [-0.2, -0.15) is 0 Å². The van der Waals surface area contributed by atoms with E-state index in [2.05, 4.69) is 30.7 Å². The number of rotatable bonds is 9. The van der Waals surface area contributed by atoms with Gasteiger partial charge in [-0.25, -0.2) is 8.42 Å². The fourth-order valence-electron chi connectivity index (χ4n) is 4.19. The second kappa shape index (κ2) is 11.5. The highest BCUT2D eigenvalue weighted by Crippen LogP contribution is 2.39. The predicted molar refractivity (Wildman–Crippen MR) is 159 cm³/mol. The Balaban J connectivity index is 1.63. The topological polar surface area (TPSA) is 93.7 Å². The normalized spacial score (nSPS) is 12.3. The number of halogens is 4. The molecule has 3 aromatic carbocycles. The largest absolute Gasteiger partial charge is 0.573 e. The molecule has 1 amide bonds. The van der Waals surface area contributed by atoms with Crippen LogP contribution in [0.15, 0.2) is 65.1 Å². The lowest BCUT2D eigenvalue weighted by Gasteiger charge is -2.28. The summed E-state index contributed by atoms with van der Waals surface area (Å²) in [7, 11) is -3.45. The molecule has 1 heterocycles. The van der Waals surface area contributed by atoms with Crippen LogP contribution < -0.4 is 19.5 Å². The second-order valence-corrected chi connectivity index (χ2v) is 13.5. The first-order valence-corrected chi connectivity index (χ1v) is 15.7. The van der Waals surface area contributed by atoms with Gasteiger partial charge >= 0.3 is 6.36 Å². The minimum absolute atomic E-state index is 0.237. The summed E-state index contributed by atoms with van der Waals surface area (Å²) in [6.45, 7) is 5.68. The van der Waals surface area contributed by atoms with E-state index in [0.29, 0.717) is 37.2 Å². The third-order valence-corrected chi connectivity index (χ3v) is 8.25. The minimum atomic E-state index is -4.86. The quantitative estimate of drug-likeness (QED) is 0.189. The molecule has 0 saturated heterocycles. The van der Waals surface area contributed by atoms with Gasteiger partial charge < -0.3 is 14.8 Å². The molecule has 2 N–H and O–H groups in total. The minimum Gasteiger partial charge on any atom is -0.494 e. The Hall–Kier alpha value is -3.29. The number of carbonyl (C=O) groups excluding carboxylic acids is 1. The summed E-state index contributed by atoms with van der Waals surface area (Å²) >= 11 is 4.73. The van der Waals surface area contributed by atoms with Crippen LogP contribution in [0.5, 0.6) is 11.5 Å². The van der Waals surface area contributed by atoms with Crippen LogP contribution >= 0.6 is 27.3 Å². The number of carbonyl (C=O) groups is 1. The Kier molecular flexibility index (Phi) is 8.63. The zero-order valence-electron chi connectivity index (χ0n) is 22.4. The van der Waals surface area contributed by atoms with Gasteiger partial charge in [0, 0.05) is 32.0 Å². The van der Waals surface area contributed by atoms with Crippen LogP contribution in [-0.4, -0.2) is 33.5 Å². The van der Waals surface area contributed by atoms with Gasteiger partial charge in [0.05, 0.1) is 17.7 Å². The highest BCUT2D eigenvalue weighted by atomic mass is 79.9. The van der Waals surface area contributed by atoms with Crippen molar-refractivity contribution in [3.8, 4) is 11.5 Å². The van der Waals surface area contributed by atoms with Crippen LogP contribution in [0.25, 0.3) is 10.1 Å². The number of sulfonamides is 1. The molecule has 0 atom stereocenters. The average molecular weight is 672 g/mol. The lowest BCUT2D eigenvalue weighted by atomic mass is 9.78. The van der Waals surface area contributed by atoms with E-state index in [1.54, 1.807) is 49.4 Å². The molecule has 0 spiro atoms. The molecule has 0 aliphatic rings. The zero-order valence-corrected chi connectivity index (χ0v) is 25.6. The molecule has 4 rings (SSSR count). The van der Waals surface area contributed by atoms with Crippen molar-refractivity contribution in [3.05, 3.63) is 81.1 Å². The van der Waals surface area contributed by atoms with Crippen LogP contribution in [0.4, 0.5) is 24.5 Å². The second-order valence-electron chi connectivity index (χ2n) is 9.72. The number of benzene rings is 3. The molecule has 0 radical (unpaired) electrons. The number of alkyl halides is 3. The molecule has 0 aliphatic carbocycles. The number of hydrogen-bond donors (Lipinski definition) is 2. The van der Waals surface area contributed by atoms with Gasteiger partial charge in [-0.05, 0) is 78.0 Å². The molecule has 218 valence electrons. The Labute approximate surface area is 247 Å². The average Bonchev–Trinajstić information content (AvgIpc) is 3.25. The summed E-state index contributed by atoms with van der Waals surface area (Å²) in [6.07, 6.45) is -3.81. The molecule has 41 heavy (non-hydrogen) atoms. The number of ether oxygens (including phenoxy) is 2. The van der Waals surface area contributed by atoms with E-state index in [9.17, 15) is 26.4 Å². The van der Waals surface area contributed by atoms with E-state index in [1.165, 1.54) is 23.5 Å². The maximum Gasteiger partial charge on any atom is 0.573 e. The van der Waals surface area contributed by atoms with Gasteiger partial charge in [0.25, 0.3) is 5.91 Å². The number of hydrogen-bond acceptors (Lipinski definition) is 6. The summed E-state index contributed by atoms with van der Waals surface area (Å²) in [5.41, 5.74) is 1.27. The molecule has 1 aromatic heterocycles. The van der Waals surface area contributed by atoms with Crippen LogP contribution in [0.3, 0.4) is 0 Å².